The summed E-state index contributed by atoms with van der Waals surface area (Å²) < 4.78 is 5.31. The normalized spacial score (nSPS) is 12.5. The van der Waals surface area contributed by atoms with Gasteiger partial charge in [0.15, 0.2) is 5.78 Å². The quantitative estimate of drug-likeness (QED) is 0.741. The first kappa shape index (κ1) is 18.2. The molecule has 0 atom stereocenters. The van der Waals surface area contributed by atoms with Crippen molar-refractivity contribution >= 4 is 11.7 Å². The van der Waals surface area contributed by atoms with Crippen molar-refractivity contribution in [3.63, 3.8) is 0 Å². The zero-order valence-corrected chi connectivity index (χ0v) is 15.2. The molecule has 0 heterocycles. The standard InChI is InChI=1S/C22H25NO3/c1-26-21-8-3-2-5-17(21)13-14-23-22(25)12-11-20(24)19-10-9-16-6-4-7-18(16)15-19/h2-3,5,8-10,15H,4,6-7,11-14H2,1H3,(H,23,25). The number of aryl methyl sites for hydroxylation is 2. The molecule has 0 aromatic heterocycles. The zero-order chi connectivity index (χ0) is 18.4. The van der Waals surface area contributed by atoms with Crippen LogP contribution in [0.25, 0.3) is 0 Å². The number of ketones is 1. The zero-order valence-electron chi connectivity index (χ0n) is 15.2. The molecular formula is C22H25NO3. The van der Waals surface area contributed by atoms with E-state index in [1.807, 2.05) is 36.4 Å². The van der Waals surface area contributed by atoms with Crippen molar-refractivity contribution in [2.24, 2.45) is 0 Å². The van der Waals surface area contributed by atoms with Gasteiger partial charge in [0.1, 0.15) is 5.75 Å². The van der Waals surface area contributed by atoms with Gasteiger partial charge in [-0.25, -0.2) is 0 Å². The van der Waals surface area contributed by atoms with E-state index in [0.29, 0.717) is 13.0 Å². The lowest BCUT2D eigenvalue weighted by molar-refractivity contribution is -0.121. The molecule has 0 spiro atoms. The lowest BCUT2D eigenvalue weighted by Crippen LogP contribution is -2.26. The van der Waals surface area contributed by atoms with Crippen LogP contribution in [0.5, 0.6) is 5.75 Å². The molecule has 0 fully saturated rings. The third-order valence-corrected chi connectivity index (χ3v) is 4.91. The number of benzene rings is 2. The van der Waals surface area contributed by atoms with Crippen LogP contribution < -0.4 is 10.1 Å². The van der Waals surface area contributed by atoms with Crippen LogP contribution in [0.4, 0.5) is 0 Å². The average Bonchev–Trinajstić information content (AvgIpc) is 3.14. The molecule has 0 radical (unpaired) electrons. The minimum atomic E-state index is -0.0885. The number of para-hydroxylation sites is 1. The number of carbonyl (C=O) groups is 2. The number of Topliss-reactive ketones (excluding diaryl/α,β-unsaturated/α-hetero) is 1. The highest BCUT2D eigenvalue weighted by Crippen LogP contribution is 2.23. The van der Waals surface area contributed by atoms with Crippen LogP contribution in [-0.2, 0) is 24.1 Å². The molecule has 0 unspecified atom stereocenters. The van der Waals surface area contributed by atoms with Gasteiger partial charge in [-0.05, 0) is 54.5 Å². The number of carbonyl (C=O) groups excluding carboxylic acids is 2. The highest BCUT2D eigenvalue weighted by atomic mass is 16.5. The van der Waals surface area contributed by atoms with Crippen molar-refractivity contribution in [2.75, 3.05) is 13.7 Å². The van der Waals surface area contributed by atoms with Gasteiger partial charge in [-0.15, -0.1) is 0 Å². The second-order valence-electron chi connectivity index (χ2n) is 6.67. The van der Waals surface area contributed by atoms with Crippen molar-refractivity contribution in [3.05, 3.63) is 64.7 Å². The number of nitrogens with one attached hydrogen (secondary N) is 1. The highest BCUT2D eigenvalue weighted by molar-refractivity contribution is 5.98. The third kappa shape index (κ3) is 4.51. The summed E-state index contributed by atoms with van der Waals surface area (Å²) in [5.74, 6) is 0.780. The minimum Gasteiger partial charge on any atom is -0.496 e. The van der Waals surface area contributed by atoms with Gasteiger partial charge in [0.05, 0.1) is 7.11 Å². The molecule has 3 rings (SSSR count). The molecule has 26 heavy (non-hydrogen) atoms. The van der Waals surface area contributed by atoms with Crippen molar-refractivity contribution < 1.29 is 14.3 Å². The predicted molar refractivity (Wildman–Crippen MR) is 102 cm³/mol. The Bertz CT molecular complexity index is 798. The largest absolute Gasteiger partial charge is 0.496 e. The van der Waals surface area contributed by atoms with Crippen LogP contribution in [0.15, 0.2) is 42.5 Å². The van der Waals surface area contributed by atoms with Crippen molar-refractivity contribution in [3.8, 4) is 5.75 Å². The van der Waals surface area contributed by atoms with Gasteiger partial charge in [-0.1, -0.05) is 30.3 Å². The Morgan fingerprint density at radius 2 is 1.85 bits per heavy atom. The summed E-state index contributed by atoms with van der Waals surface area (Å²) >= 11 is 0. The molecular weight excluding hydrogens is 326 g/mol. The first-order valence-corrected chi connectivity index (χ1v) is 9.21. The number of fused-ring (bicyclic) bond motifs is 1. The Morgan fingerprint density at radius 3 is 2.69 bits per heavy atom. The lowest BCUT2D eigenvalue weighted by atomic mass is 10.0. The molecule has 1 N–H and O–H groups in total. The maximum atomic E-state index is 12.3. The second kappa shape index (κ2) is 8.65. The van der Waals surface area contributed by atoms with Crippen LogP contribution >= 0.6 is 0 Å². The van der Waals surface area contributed by atoms with E-state index in [4.69, 9.17) is 4.74 Å². The van der Waals surface area contributed by atoms with E-state index in [0.717, 1.165) is 29.7 Å². The Balaban J connectivity index is 1.43. The molecule has 136 valence electrons. The van der Waals surface area contributed by atoms with Gasteiger partial charge < -0.3 is 10.1 Å². The Morgan fingerprint density at radius 1 is 1.04 bits per heavy atom. The van der Waals surface area contributed by atoms with Crippen LogP contribution in [0, 0.1) is 0 Å². The monoisotopic (exact) mass is 351 g/mol. The first-order valence-electron chi connectivity index (χ1n) is 9.21. The number of hydrogen-bond donors (Lipinski definition) is 1. The van der Waals surface area contributed by atoms with Crippen LogP contribution in [0.2, 0.25) is 0 Å². The maximum Gasteiger partial charge on any atom is 0.220 e. The smallest absolute Gasteiger partial charge is 0.220 e. The topological polar surface area (TPSA) is 55.4 Å². The fourth-order valence-corrected chi connectivity index (χ4v) is 3.45. The number of methoxy groups -OCH3 is 1. The van der Waals surface area contributed by atoms with E-state index < -0.39 is 0 Å². The number of amides is 1. The number of ether oxygens (including phenoxy) is 1. The summed E-state index contributed by atoms with van der Waals surface area (Å²) in [6, 6.07) is 13.7. The summed E-state index contributed by atoms with van der Waals surface area (Å²) in [7, 11) is 1.64. The van der Waals surface area contributed by atoms with E-state index in [-0.39, 0.29) is 24.5 Å². The molecule has 0 saturated heterocycles. The summed E-state index contributed by atoms with van der Waals surface area (Å²) in [5.41, 5.74) is 4.43. The van der Waals surface area contributed by atoms with E-state index >= 15 is 0 Å². The van der Waals surface area contributed by atoms with Crippen molar-refractivity contribution in [1.29, 1.82) is 0 Å². The molecule has 0 bridgehead atoms. The Kier molecular flexibility index (Phi) is 6.05. The van der Waals surface area contributed by atoms with Gasteiger partial charge in [0.2, 0.25) is 5.91 Å². The maximum absolute atomic E-state index is 12.3. The van der Waals surface area contributed by atoms with Gasteiger partial charge in [-0.2, -0.15) is 0 Å². The molecule has 1 amide bonds. The van der Waals surface area contributed by atoms with E-state index in [1.165, 1.54) is 17.5 Å². The molecule has 2 aromatic carbocycles. The average molecular weight is 351 g/mol. The molecule has 1 aliphatic carbocycles. The fourth-order valence-electron chi connectivity index (χ4n) is 3.45. The van der Waals surface area contributed by atoms with Gasteiger partial charge >= 0.3 is 0 Å². The SMILES string of the molecule is COc1ccccc1CCNC(=O)CCC(=O)c1ccc2c(c1)CCC2. The molecule has 4 heteroatoms. The summed E-state index contributed by atoms with van der Waals surface area (Å²) in [6.45, 7) is 0.534. The molecule has 4 nitrogen and oxygen atoms in total. The van der Waals surface area contributed by atoms with E-state index in [2.05, 4.69) is 11.4 Å². The van der Waals surface area contributed by atoms with Crippen molar-refractivity contribution in [2.45, 2.75) is 38.5 Å². The van der Waals surface area contributed by atoms with Crippen LogP contribution in [0.3, 0.4) is 0 Å². The molecule has 1 aliphatic rings. The first-order chi connectivity index (χ1) is 12.7. The number of hydrogen-bond acceptors (Lipinski definition) is 3. The third-order valence-electron chi connectivity index (χ3n) is 4.91. The van der Waals surface area contributed by atoms with Gasteiger partial charge in [0.25, 0.3) is 0 Å². The summed E-state index contributed by atoms with van der Waals surface area (Å²) in [5, 5.41) is 2.88. The fraction of sp³-hybridized carbons (Fsp3) is 0.364. The Labute approximate surface area is 154 Å². The van der Waals surface area contributed by atoms with E-state index in [9.17, 15) is 9.59 Å². The molecule has 2 aromatic rings. The number of rotatable bonds is 8. The van der Waals surface area contributed by atoms with Crippen LogP contribution in [0.1, 0.15) is 46.3 Å². The summed E-state index contributed by atoms with van der Waals surface area (Å²) in [6.07, 6.45) is 4.51. The Hall–Kier alpha value is -2.62. The molecule has 0 saturated carbocycles. The summed E-state index contributed by atoms with van der Waals surface area (Å²) in [4.78, 5) is 24.3. The highest BCUT2D eigenvalue weighted by Gasteiger charge is 2.15. The minimum absolute atomic E-state index is 0.0413. The van der Waals surface area contributed by atoms with E-state index in [1.54, 1.807) is 7.11 Å². The predicted octanol–water partition coefficient (Wildman–Crippen LogP) is 3.51. The van der Waals surface area contributed by atoms with Gasteiger partial charge in [0, 0.05) is 24.9 Å². The van der Waals surface area contributed by atoms with Crippen LogP contribution in [-0.4, -0.2) is 25.3 Å². The second-order valence-corrected chi connectivity index (χ2v) is 6.67. The lowest BCUT2D eigenvalue weighted by Gasteiger charge is -2.09. The molecule has 0 aliphatic heterocycles. The van der Waals surface area contributed by atoms with Gasteiger partial charge in [-0.3, -0.25) is 9.59 Å². The van der Waals surface area contributed by atoms with Crippen molar-refractivity contribution in [1.82, 2.24) is 5.32 Å².